The number of aromatic nitrogens is 1. The SMILES string of the molecule is CCNC(=NCc1ncc(C(C)(C)C)o1)N1CCN(c2ccccc2F)CC1. The predicted octanol–water partition coefficient (Wildman–Crippen LogP) is 3.40. The van der Waals surface area contributed by atoms with Crippen molar-refractivity contribution in [1.29, 1.82) is 0 Å². The van der Waals surface area contributed by atoms with Crippen molar-refractivity contribution in [2.24, 2.45) is 4.99 Å². The van der Waals surface area contributed by atoms with Gasteiger partial charge in [0.2, 0.25) is 5.89 Å². The number of nitrogens with one attached hydrogen (secondary N) is 1. The molecule has 2 aromatic rings. The molecule has 152 valence electrons. The Balaban J connectivity index is 1.64. The predicted molar refractivity (Wildman–Crippen MR) is 110 cm³/mol. The number of hydrogen-bond donors (Lipinski definition) is 1. The van der Waals surface area contributed by atoms with Gasteiger partial charge in [0.1, 0.15) is 18.1 Å². The van der Waals surface area contributed by atoms with Crippen LogP contribution in [0.1, 0.15) is 39.3 Å². The van der Waals surface area contributed by atoms with E-state index in [9.17, 15) is 4.39 Å². The van der Waals surface area contributed by atoms with Crippen LogP contribution in [0.5, 0.6) is 0 Å². The van der Waals surface area contributed by atoms with Gasteiger partial charge in [0.25, 0.3) is 0 Å². The van der Waals surface area contributed by atoms with Crippen molar-refractivity contribution < 1.29 is 8.81 Å². The number of anilines is 1. The van der Waals surface area contributed by atoms with Gasteiger partial charge in [0.05, 0.1) is 11.9 Å². The molecule has 1 aromatic carbocycles. The van der Waals surface area contributed by atoms with Crippen LogP contribution in [-0.2, 0) is 12.0 Å². The van der Waals surface area contributed by atoms with E-state index in [0.29, 0.717) is 18.1 Å². The van der Waals surface area contributed by atoms with E-state index in [1.807, 2.05) is 19.1 Å². The summed E-state index contributed by atoms with van der Waals surface area (Å²) in [4.78, 5) is 13.3. The number of halogens is 1. The van der Waals surface area contributed by atoms with Crippen LogP contribution in [0.4, 0.5) is 10.1 Å². The van der Waals surface area contributed by atoms with Crippen LogP contribution in [0.2, 0.25) is 0 Å². The average Bonchev–Trinajstić information content (AvgIpc) is 3.15. The molecule has 0 radical (unpaired) electrons. The highest BCUT2D eigenvalue weighted by molar-refractivity contribution is 5.80. The number of para-hydroxylation sites is 1. The van der Waals surface area contributed by atoms with Crippen LogP contribution in [-0.4, -0.2) is 48.6 Å². The van der Waals surface area contributed by atoms with E-state index < -0.39 is 0 Å². The van der Waals surface area contributed by atoms with Crippen molar-refractivity contribution in [2.75, 3.05) is 37.6 Å². The first-order valence-corrected chi connectivity index (χ1v) is 9.86. The summed E-state index contributed by atoms with van der Waals surface area (Å²) in [5.74, 6) is 2.15. The zero-order valence-electron chi connectivity index (χ0n) is 17.2. The largest absolute Gasteiger partial charge is 0.443 e. The first-order valence-electron chi connectivity index (χ1n) is 9.86. The summed E-state index contributed by atoms with van der Waals surface area (Å²) < 4.78 is 19.9. The normalized spacial score (nSPS) is 15.8. The molecule has 1 aromatic heterocycles. The van der Waals surface area contributed by atoms with Crippen LogP contribution >= 0.6 is 0 Å². The summed E-state index contributed by atoms with van der Waals surface area (Å²) in [6.07, 6.45) is 1.78. The molecule has 2 heterocycles. The van der Waals surface area contributed by atoms with Crippen molar-refractivity contribution in [2.45, 2.75) is 39.7 Å². The third kappa shape index (κ3) is 4.82. The summed E-state index contributed by atoms with van der Waals surface area (Å²) in [6.45, 7) is 12.6. The lowest BCUT2D eigenvalue weighted by Gasteiger charge is -2.37. The molecule has 1 N–H and O–H groups in total. The van der Waals surface area contributed by atoms with Gasteiger partial charge in [0, 0.05) is 38.1 Å². The minimum absolute atomic E-state index is 0.0670. The molecule has 7 heteroatoms. The maximum atomic E-state index is 14.0. The van der Waals surface area contributed by atoms with E-state index in [4.69, 9.17) is 9.41 Å². The van der Waals surface area contributed by atoms with Crippen LogP contribution in [0.15, 0.2) is 39.9 Å². The Hall–Kier alpha value is -2.57. The molecule has 0 spiro atoms. The van der Waals surface area contributed by atoms with Crippen LogP contribution in [0.3, 0.4) is 0 Å². The minimum atomic E-state index is -0.171. The zero-order valence-corrected chi connectivity index (χ0v) is 17.2. The van der Waals surface area contributed by atoms with Gasteiger partial charge in [0.15, 0.2) is 5.96 Å². The molecule has 0 amide bonds. The number of guanidine groups is 1. The summed E-state index contributed by atoms with van der Waals surface area (Å²) in [7, 11) is 0. The van der Waals surface area contributed by atoms with Gasteiger partial charge in [-0.3, -0.25) is 0 Å². The van der Waals surface area contributed by atoms with E-state index >= 15 is 0 Å². The maximum absolute atomic E-state index is 14.0. The van der Waals surface area contributed by atoms with E-state index in [1.165, 1.54) is 6.07 Å². The summed E-state index contributed by atoms with van der Waals surface area (Å²) >= 11 is 0. The molecule has 0 unspecified atom stereocenters. The molecule has 0 aliphatic carbocycles. The van der Waals surface area contributed by atoms with Crippen LogP contribution in [0, 0.1) is 5.82 Å². The van der Waals surface area contributed by atoms with Gasteiger partial charge in [-0.05, 0) is 19.1 Å². The highest BCUT2D eigenvalue weighted by Gasteiger charge is 2.22. The van der Waals surface area contributed by atoms with Gasteiger partial charge in [-0.25, -0.2) is 14.4 Å². The Labute approximate surface area is 166 Å². The molecule has 0 atom stereocenters. The molecule has 1 fully saturated rings. The van der Waals surface area contributed by atoms with Gasteiger partial charge in [-0.15, -0.1) is 0 Å². The second kappa shape index (κ2) is 8.63. The Bertz CT molecular complexity index is 803. The fourth-order valence-electron chi connectivity index (χ4n) is 3.17. The number of benzene rings is 1. The fraction of sp³-hybridized carbons (Fsp3) is 0.524. The second-order valence-electron chi connectivity index (χ2n) is 7.96. The van der Waals surface area contributed by atoms with E-state index in [2.05, 4.69) is 40.9 Å². The highest BCUT2D eigenvalue weighted by atomic mass is 19.1. The molecule has 0 saturated carbocycles. The Morgan fingerprint density at radius 1 is 1.21 bits per heavy atom. The first-order chi connectivity index (χ1) is 13.4. The van der Waals surface area contributed by atoms with Crippen LogP contribution < -0.4 is 10.2 Å². The zero-order chi connectivity index (χ0) is 20.1. The molecular weight excluding hydrogens is 357 g/mol. The molecular formula is C21H30FN5O. The van der Waals surface area contributed by atoms with Crippen LogP contribution in [0.25, 0.3) is 0 Å². The van der Waals surface area contributed by atoms with Gasteiger partial charge in [-0.1, -0.05) is 32.9 Å². The molecule has 1 saturated heterocycles. The molecule has 28 heavy (non-hydrogen) atoms. The molecule has 0 bridgehead atoms. The van der Waals surface area contributed by atoms with Crippen molar-refractivity contribution in [1.82, 2.24) is 15.2 Å². The quantitative estimate of drug-likeness (QED) is 0.644. The van der Waals surface area contributed by atoms with Crippen molar-refractivity contribution in [3.63, 3.8) is 0 Å². The van der Waals surface area contributed by atoms with Crippen molar-refractivity contribution in [3.8, 4) is 0 Å². The average molecular weight is 388 g/mol. The lowest BCUT2D eigenvalue weighted by Crippen LogP contribution is -2.52. The van der Waals surface area contributed by atoms with E-state index in [0.717, 1.165) is 44.4 Å². The highest BCUT2D eigenvalue weighted by Crippen LogP contribution is 2.23. The first kappa shape index (κ1) is 20.2. The number of aliphatic imine (C=N–C) groups is 1. The Kier molecular flexibility index (Phi) is 6.21. The number of hydrogen-bond acceptors (Lipinski definition) is 4. The molecule has 6 nitrogen and oxygen atoms in total. The fourth-order valence-corrected chi connectivity index (χ4v) is 3.17. The summed E-state index contributed by atoms with van der Waals surface area (Å²) in [5.41, 5.74) is 0.598. The summed E-state index contributed by atoms with van der Waals surface area (Å²) in [6, 6.07) is 6.94. The van der Waals surface area contributed by atoms with Gasteiger partial charge >= 0.3 is 0 Å². The van der Waals surface area contributed by atoms with Gasteiger partial charge in [-0.2, -0.15) is 0 Å². The minimum Gasteiger partial charge on any atom is -0.443 e. The molecule has 1 aliphatic rings. The lowest BCUT2D eigenvalue weighted by atomic mass is 9.94. The molecule has 1 aliphatic heterocycles. The van der Waals surface area contributed by atoms with Crippen molar-refractivity contribution >= 4 is 11.6 Å². The second-order valence-corrected chi connectivity index (χ2v) is 7.96. The number of rotatable bonds is 4. The van der Waals surface area contributed by atoms with E-state index in [-0.39, 0.29) is 11.2 Å². The maximum Gasteiger partial charge on any atom is 0.216 e. The third-order valence-corrected chi connectivity index (χ3v) is 4.76. The summed E-state index contributed by atoms with van der Waals surface area (Å²) in [5, 5.41) is 3.34. The Morgan fingerprint density at radius 3 is 2.54 bits per heavy atom. The molecule has 3 rings (SSSR count). The lowest BCUT2D eigenvalue weighted by molar-refractivity contribution is 0.365. The topological polar surface area (TPSA) is 56.9 Å². The third-order valence-electron chi connectivity index (χ3n) is 4.76. The Morgan fingerprint density at radius 2 is 1.93 bits per heavy atom. The monoisotopic (exact) mass is 387 g/mol. The van der Waals surface area contributed by atoms with Gasteiger partial charge < -0.3 is 19.5 Å². The number of nitrogens with zero attached hydrogens (tertiary/aromatic N) is 4. The number of piperazine rings is 1. The van der Waals surface area contributed by atoms with E-state index in [1.54, 1.807) is 12.3 Å². The standard InChI is InChI=1S/C21H30FN5O/c1-5-23-20(25-15-19-24-14-18(28-19)21(2,3)4)27-12-10-26(11-13-27)17-9-7-6-8-16(17)22/h6-9,14H,5,10-13,15H2,1-4H3,(H,23,25). The number of oxazole rings is 1. The smallest absolute Gasteiger partial charge is 0.216 e. The van der Waals surface area contributed by atoms with Crippen molar-refractivity contribution in [3.05, 3.63) is 47.9 Å².